The number of hydrogen-bond donors (Lipinski definition) is 1. The molecule has 1 aromatic heterocycles. The van der Waals surface area contributed by atoms with Gasteiger partial charge in [-0.15, -0.1) is 11.3 Å². The van der Waals surface area contributed by atoms with E-state index in [-0.39, 0.29) is 17.1 Å². The fraction of sp³-hybridized carbons (Fsp3) is 0.467. The highest BCUT2D eigenvalue weighted by atomic mass is 32.1. The molecule has 2 aliphatic carbocycles. The molecule has 1 aromatic rings. The van der Waals surface area contributed by atoms with E-state index in [1.807, 2.05) is 18.4 Å². The second-order valence-electron chi connectivity index (χ2n) is 6.00. The van der Waals surface area contributed by atoms with Gasteiger partial charge in [-0.2, -0.15) is 0 Å². The van der Waals surface area contributed by atoms with Crippen molar-refractivity contribution in [2.75, 3.05) is 0 Å². The number of Topliss-reactive ketones (excluding diaryl/α,β-unsaturated/α-hetero) is 1. The third-order valence-electron chi connectivity index (χ3n) is 4.52. The Labute approximate surface area is 116 Å². The zero-order chi connectivity index (χ0) is 13.8. The highest BCUT2D eigenvalue weighted by molar-refractivity contribution is 7.12. The van der Waals surface area contributed by atoms with Crippen LogP contribution >= 0.6 is 11.3 Å². The fourth-order valence-electron chi connectivity index (χ4n) is 3.33. The maximum absolute atomic E-state index is 12.0. The maximum Gasteiger partial charge on any atom is 0.265 e. The maximum atomic E-state index is 12.0. The van der Waals surface area contributed by atoms with Crippen LogP contribution in [0.3, 0.4) is 0 Å². The zero-order valence-electron chi connectivity index (χ0n) is 11.3. The standard InChI is InChI=1S/C15H17NO2S/c1-8(16-14(18)11-5-4-6-19-11)12-10(17)7-9-13(12)15(9,2)3/h4-6,9,13H,7H2,1-3H3,(H,16,18)/b12-8-/t9-,13+/m1/s1. The molecule has 0 saturated heterocycles. The molecule has 19 heavy (non-hydrogen) atoms. The molecule has 2 aliphatic rings. The Bertz CT molecular complexity index is 583. The summed E-state index contributed by atoms with van der Waals surface area (Å²) in [6.45, 7) is 6.24. The van der Waals surface area contributed by atoms with E-state index in [4.69, 9.17) is 0 Å². The molecule has 3 rings (SSSR count). The van der Waals surface area contributed by atoms with Crippen molar-refractivity contribution < 1.29 is 9.59 Å². The lowest BCUT2D eigenvalue weighted by Gasteiger charge is -2.13. The molecule has 0 aliphatic heterocycles. The van der Waals surface area contributed by atoms with Crippen LogP contribution in [0.15, 0.2) is 28.8 Å². The van der Waals surface area contributed by atoms with Crippen LogP contribution in [-0.2, 0) is 4.79 Å². The molecule has 2 saturated carbocycles. The highest BCUT2D eigenvalue weighted by Gasteiger charge is 2.65. The molecule has 2 atom stereocenters. The highest BCUT2D eigenvalue weighted by Crippen LogP contribution is 2.68. The molecule has 0 aromatic carbocycles. The summed E-state index contributed by atoms with van der Waals surface area (Å²) < 4.78 is 0. The van der Waals surface area contributed by atoms with Gasteiger partial charge in [0.1, 0.15) is 0 Å². The average Bonchev–Trinajstić information content (AvgIpc) is 2.82. The van der Waals surface area contributed by atoms with Crippen molar-refractivity contribution in [1.82, 2.24) is 5.32 Å². The Hall–Kier alpha value is -1.42. The summed E-state index contributed by atoms with van der Waals surface area (Å²) in [6, 6.07) is 3.64. The van der Waals surface area contributed by atoms with Crippen LogP contribution in [0.2, 0.25) is 0 Å². The number of ketones is 1. The van der Waals surface area contributed by atoms with Crippen LogP contribution in [0.25, 0.3) is 0 Å². The molecule has 1 heterocycles. The minimum atomic E-state index is -0.116. The molecule has 0 unspecified atom stereocenters. The van der Waals surface area contributed by atoms with Gasteiger partial charge in [-0.05, 0) is 35.6 Å². The number of rotatable bonds is 2. The smallest absolute Gasteiger partial charge is 0.265 e. The third-order valence-corrected chi connectivity index (χ3v) is 5.39. The van der Waals surface area contributed by atoms with E-state index in [1.54, 1.807) is 6.07 Å². The summed E-state index contributed by atoms with van der Waals surface area (Å²) in [4.78, 5) is 24.7. The molecule has 1 N–H and O–H groups in total. The lowest BCUT2D eigenvalue weighted by Crippen LogP contribution is -2.24. The summed E-state index contributed by atoms with van der Waals surface area (Å²) in [6.07, 6.45) is 0.638. The lowest BCUT2D eigenvalue weighted by molar-refractivity contribution is -0.115. The van der Waals surface area contributed by atoms with E-state index in [0.29, 0.717) is 23.1 Å². The fourth-order valence-corrected chi connectivity index (χ4v) is 3.95. The summed E-state index contributed by atoms with van der Waals surface area (Å²) in [5, 5.41) is 4.75. The van der Waals surface area contributed by atoms with Crippen molar-refractivity contribution in [3.8, 4) is 0 Å². The molecule has 1 amide bonds. The molecular weight excluding hydrogens is 258 g/mol. The van der Waals surface area contributed by atoms with E-state index >= 15 is 0 Å². The molecule has 0 bridgehead atoms. The van der Waals surface area contributed by atoms with Crippen molar-refractivity contribution >= 4 is 23.0 Å². The van der Waals surface area contributed by atoms with E-state index in [9.17, 15) is 9.59 Å². The van der Waals surface area contributed by atoms with Gasteiger partial charge in [0.25, 0.3) is 5.91 Å². The van der Waals surface area contributed by atoms with Crippen molar-refractivity contribution in [2.45, 2.75) is 27.2 Å². The number of amides is 1. The van der Waals surface area contributed by atoms with Gasteiger partial charge < -0.3 is 5.32 Å². The van der Waals surface area contributed by atoms with Gasteiger partial charge >= 0.3 is 0 Å². The van der Waals surface area contributed by atoms with Crippen molar-refractivity contribution in [3.05, 3.63) is 33.7 Å². The summed E-state index contributed by atoms with van der Waals surface area (Å²) >= 11 is 1.41. The second-order valence-corrected chi connectivity index (χ2v) is 6.95. The monoisotopic (exact) mass is 275 g/mol. The first-order valence-corrected chi connectivity index (χ1v) is 7.39. The van der Waals surface area contributed by atoms with Crippen LogP contribution in [0.4, 0.5) is 0 Å². The number of thiophene rings is 1. The Morgan fingerprint density at radius 1 is 1.47 bits per heavy atom. The predicted molar refractivity (Wildman–Crippen MR) is 74.9 cm³/mol. The summed E-state index contributed by atoms with van der Waals surface area (Å²) in [5.41, 5.74) is 1.81. The van der Waals surface area contributed by atoms with E-state index in [0.717, 1.165) is 11.3 Å². The van der Waals surface area contributed by atoms with Gasteiger partial charge in [0.05, 0.1) is 4.88 Å². The number of carbonyl (C=O) groups excluding carboxylic acids is 2. The first-order valence-electron chi connectivity index (χ1n) is 6.51. The summed E-state index contributed by atoms with van der Waals surface area (Å²) in [5.74, 6) is 0.903. The molecule has 0 radical (unpaired) electrons. The average molecular weight is 275 g/mol. The molecular formula is C15H17NO2S. The number of nitrogens with one attached hydrogen (secondary N) is 1. The van der Waals surface area contributed by atoms with E-state index < -0.39 is 0 Å². The SMILES string of the molecule is C/C(NC(=O)c1cccs1)=C1\C(=O)C[C@@H]2[C@@H]1C2(C)C. The van der Waals surface area contributed by atoms with Gasteiger partial charge in [-0.3, -0.25) is 9.59 Å². The Morgan fingerprint density at radius 2 is 2.21 bits per heavy atom. The first kappa shape index (κ1) is 12.6. The Balaban J connectivity index is 1.83. The molecule has 0 spiro atoms. The predicted octanol–water partition coefficient (Wildman–Crippen LogP) is 3.00. The molecule has 100 valence electrons. The molecule has 4 heteroatoms. The van der Waals surface area contributed by atoms with E-state index in [1.165, 1.54) is 11.3 Å². The van der Waals surface area contributed by atoms with Gasteiger partial charge in [0.2, 0.25) is 0 Å². The second kappa shape index (κ2) is 4.04. The van der Waals surface area contributed by atoms with Crippen molar-refractivity contribution in [1.29, 1.82) is 0 Å². The van der Waals surface area contributed by atoms with Crippen molar-refractivity contribution in [3.63, 3.8) is 0 Å². The van der Waals surface area contributed by atoms with Crippen LogP contribution in [-0.4, -0.2) is 11.7 Å². The Kier molecular flexibility index (Phi) is 2.68. The van der Waals surface area contributed by atoms with Crippen LogP contribution in [0, 0.1) is 17.3 Å². The third kappa shape index (κ3) is 1.86. The van der Waals surface area contributed by atoms with Gasteiger partial charge in [0.15, 0.2) is 5.78 Å². The minimum absolute atomic E-state index is 0.116. The molecule has 3 nitrogen and oxygen atoms in total. The normalized spacial score (nSPS) is 29.9. The van der Waals surface area contributed by atoms with Crippen molar-refractivity contribution in [2.24, 2.45) is 17.3 Å². The number of allylic oxidation sites excluding steroid dienone is 2. The number of hydrogen-bond acceptors (Lipinski definition) is 3. The lowest BCUT2D eigenvalue weighted by atomic mass is 9.95. The number of carbonyl (C=O) groups is 2. The number of fused-ring (bicyclic) bond motifs is 1. The van der Waals surface area contributed by atoms with Crippen LogP contribution < -0.4 is 5.32 Å². The quantitative estimate of drug-likeness (QED) is 0.843. The largest absolute Gasteiger partial charge is 0.325 e. The first-order chi connectivity index (χ1) is 8.93. The molecule has 2 fully saturated rings. The zero-order valence-corrected chi connectivity index (χ0v) is 12.1. The van der Waals surface area contributed by atoms with Gasteiger partial charge in [-0.25, -0.2) is 0 Å². The minimum Gasteiger partial charge on any atom is -0.325 e. The topological polar surface area (TPSA) is 46.2 Å². The van der Waals surface area contributed by atoms with Crippen LogP contribution in [0.1, 0.15) is 36.9 Å². The van der Waals surface area contributed by atoms with Crippen LogP contribution in [0.5, 0.6) is 0 Å². The van der Waals surface area contributed by atoms with Gasteiger partial charge in [0, 0.05) is 17.7 Å². The van der Waals surface area contributed by atoms with Gasteiger partial charge in [-0.1, -0.05) is 19.9 Å². The summed E-state index contributed by atoms with van der Waals surface area (Å²) in [7, 11) is 0. The van der Waals surface area contributed by atoms with E-state index in [2.05, 4.69) is 19.2 Å². The Morgan fingerprint density at radius 3 is 2.79 bits per heavy atom.